The van der Waals surface area contributed by atoms with Crippen molar-refractivity contribution in [3.05, 3.63) is 50.8 Å². The number of hydrogen-bond donors (Lipinski definition) is 0. The zero-order valence-corrected chi connectivity index (χ0v) is 10.7. The first-order chi connectivity index (χ1) is 8.20. The van der Waals surface area contributed by atoms with E-state index < -0.39 is 5.97 Å². The van der Waals surface area contributed by atoms with Gasteiger partial charge in [0.05, 0.1) is 12.3 Å². The molecule has 0 heterocycles. The molecule has 0 N–H and O–H groups in total. The number of halogens is 1. The predicted octanol–water partition coefficient (Wildman–Crippen LogP) is 3.62. The number of esters is 1. The third kappa shape index (κ3) is 3.62. The molecule has 5 nitrogen and oxygen atoms in total. The van der Waals surface area contributed by atoms with E-state index in [0.29, 0.717) is 5.56 Å². The zero-order valence-electron chi connectivity index (χ0n) is 9.13. The smallest absolute Gasteiger partial charge is 0.345 e. The van der Waals surface area contributed by atoms with Gasteiger partial charge in [-0.05, 0) is 33.9 Å². The average Bonchev–Trinajstić information content (AvgIpc) is 2.36. The van der Waals surface area contributed by atoms with Gasteiger partial charge < -0.3 is 4.74 Å². The Bertz CT molecular complexity index is 479. The van der Waals surface area contributed by atoms with Crippen LogP contribution in [-0.2, 0) is 9.53 Å². The van der Waals surface area contributed by atoms with E-state index in [1.807, 2.05) is 6.07 Å². The van der Waals surface area contributed by atoms with Gasteiger partial charge in [-0.15, -0.1) is 0 Å². The molecule has 1 aromatic rings. The highest BCUT2D eigenvalue weighted by atomic mass is 79.9. The van der Waals surface area contributed by atoms with E-state index in [1.165, 1.54) is 0 Å². The Kier molecular flexibility index (Phi) is 5.26. The van der Waals surface area contributed by atoms with Gasteiger partial charge in [-0.2, -0.15) is 0 Å². The summed E-state index contributed by atoms with van der Waals surface area (Å²) in [5.74, 6) is -0.557. The topological polar surface area (TPSA) is 75.1 Å². The predicted molar refractivity (Wildman–Crippen MR) is 68.1 cm³/mol. The Balaban J connectivity index is 3.21. The van der Waals surface area contributed by atoms with Gasteiger partial charge in [0.25, 0.3) is 0 Å². The van der Waals surface area contributed by atoms with Gasteiger partial charge in [0.15, 0.2) is 0 Å². The highest BCUT2D eigenvalue weighted by Gasteiger charge is 2.14. The molecule has 6 heteroatoms. The largest absolute Gasteiger partial charge is 0.462 e. The number of carbonyl (C=O) groups excluding carboxylic acids is 1. The lowest BCUT2D eigenvalue weighted by molar-refractivity contribution is -0.137. The summed E-state index contributed by atoms with van der Waals surface area (Å²) in [6.07, 6.45) is 0. The van der Waals surface area contributed by atoms with Crippen molar-refractivity contribution in [3.63, 3.8) is 0 Å². The molecule has 0 amide bonds. The van der Waals surface area contributed by atoms with Crippen LogP contribution in [0, 0.1) is 0 Å². The minimum Gasteiger partial charge on any atom is -0.462 e. The average molecular weight is 296 g/mol. The van der Waals surface area contributed by atoms with Crippen LogP contribution in [-0.4, -0.2) is 12.6 Å². The van der Waals surface area contributed by atoms with E-state index in [4.69, 9.17) is 10.3 Å². The van der Waals surface area contributed by atoms with Crippen LogP contribution in [0.3, 0.4) is 0 Å². The fourth-order valence-corrected chi connectivity index (χ4v) is 1.58. The number of azide groups is 1. The highest BCUT2D eigenvalue weighted by molar-refractivity contribution is 9.12. The number of rotatable bonds is 4. The number of ether oxygens (including phenoxy) is 1. The molecule has 0 aromatic heterocycles. The van der Waals surface area contributed by atoms with Gasteiger partial charge in [-0.3, -0.25) is 0 Å². The van der Waals surface area contributed by atoms with Crippen LogP contribution >= 0.6 is 15.9 Å². The summed E-state index contributed by atoms with van der Waals surface area (Å²) in [5.41, 5.74) is 9.37. The molecule has 0 radical (unpaired) electrons. The maximum Gasteiger partial charge on any atom is 0.345 e. The van der Waals surface area contributed by atoms with Crippen LogP contribution in [0.25, 0.3) is 16.1 Å². The molecule has 0 aliphatic rings. The molecule has 0 saturated heterocycles. The van der Waals surface area contributed by atoms with Crippen molar-refractivity contribution in [1.29, 1.82) is 0 Å². The number of hydrogen-bond acceptors (Lipinski definition) is 3. The summed E-state index contributed by atoms with van der Waals surface area (Å²) in [7, 11) is 0. The molecule has 0 saturated carbocycles. The Labute approximate surface area is 107 Å². The molecule has 88 valence electrons. The van der Waals surface area contributed by atoms with Crippen molar-refractivity contribution in [2.45, 2.75) is 6.92 Å². The summed E-state index contributed by atoms with van der Waals surface area (Å²) in [6.45, 7) is 1.96. The van der Waals surface area contributed by atoms with Gasteiger partial charge in [-0.25, -0.2) is 4.79 Å². The van der Waals surface area contributed by atoms with E-state index >= 15 is 0 Å². The normalized spacial score (nSPS) is 11.2. The first-order valence-electron chi connectivity index (χ1n) is 4.88. The molecular weight excluding hydrogens is 286 g/mol. The number of carbonyl (C=O) groups is 1. The Morgan fingerprint density at radius 1 is 1.47 bits per heavy atom. The van der Waals surface area contributed by atoms with Crippen molar-refractivity contribution in [2.24, 2.45) is 5.11 Å². The molecule has 0 aliphatic carbocycles. The standard InChI is InChI=1S/C11H10BrN3O2/c1-2-17-11(16)9(12)10(14-15-13)8-6-4-3-5-7-8/h3-7H,2H2,1H3/b10-9+. The van der Waals surface area contributed by atoms with Crippen LogP contribution in [0.2, 0.25) is 0 Å². The van der Waals surface area contributed by atoms with Crippen LogP contribution in [0.4, 0.5) is 0 Å². The third-order valence-electron chi connectivity index (χ3n) is 1.85. The van der Waals surface area contributed by atoms with Crippen molar-refractivity contribution < 1.29 is 9.53 Å². The van der Waals surface area contributed by atoms with Crippen molar-refractivity contribution in [2.75, 3.05) is 6.61 Å². The van der Waals surface area contributed by atoms with E-state index in [9.17, 15) is 4.79 Å². The van der Waals surface area contributed by atoms with Crippen molar-refractivity contribution in [3.8, 4) is 0 Å². The number of benzene rings is 1. The lowest BCUT2D eigenvalue weighted by atomic mass is 10.1. The first-order valence-corrected chi connectivity index (χ1v) is 5.67. The molecular formula is C11H10BrN3O2. The second kappa shape index (κ2) is 6.73. The second-order valence-corrected chi connectivity index (χ2v) is 3.73. The van der Waals surface area contributed by atoms with Gasteiger partial charge >= 0.3 is 5.97 Å². The summed E-state index contributed by atoms with van der Waals surface area (Å²) in [6, 6.07) is 8.88. The maximum atomic E-state index is 11.5. The lowest BCUT2D eigenvalue weighted by Crippen LogP contribution is -2.05. The molecule has 0 atom stereocenters. The van der Waals surface area contributed by atoms with E-state index in [0.717, 1.165) is 0 Å². The summed E-state index contributed by atoms with van der Waals surface area (Å²) < 4.78 is 4.94. The van der Waals surface area contributed by atoms with E-state index in [-0.39, 0.29) is 16.8 Å². The van der Waals surface area contributed by atoms with Gasteiger partial charge in [0.2, 0.25) is 0 Å². The first kappa shape index (κ1) is 13.3. The Hall–Kier alpha value is -1.78. The molecule has 0 spiro atoms. The van der Waals surface area contributed by atoms with Crippen molar-refractivity contribution in [1.82, 2.24) is 0 Å². The summed E-state index contributed by atoms with van der Waals surface area (Å²) >= 11 is 3.09. The van der Waals surface area contributed by atoms with Crippen LogP contribution < -0.4 is 0 Å². The minimum absolute atomic E-state index is 0.114. The maximum absolute atomic E-state index is 11.5. The highest BCUT2D eigenvalue weighted by Crippen LogP contribution is 2.25. The van der Waals surface area contributed by atoms with Crippen molar-refractivity contribution >= 4 is 27.6 Å². The zero-order chi connectivity index (χ0) is 12.7. The SMILES string of the molecule is CCOC(=O)/C(Br)=C(\N=[N+]=[N-])c1ccccc1. The van der Waals surface area contributed by atoms with Gasteiger partial charge in [-0.1, -0.05) is 35.4 Å². The lowest BCUT2D eigenvalue weighted by Gasteiger charge is -2.05. The Morgan fingerprint density at radius 2 is 2.12 bits per heavy atom. The summed E-state index contributed by atoms with van der Waals surface area (Å²) in [4.78, 5) is 14.2. The molecule has 17 heavy (non-hydrogen) atoms. The fourth-order valence-electron chi connectivity index (χ4n) is 1.16. The molecule has 1 rings (SSSR count). The van der Waals surface area contributed by atoms with Crippen LogP contribution in [0.5, 0.6) is 0 Å². The van der Waals surface area contributed by atoms with E-state index in [1.54, 1.807) is 31.2 Å². The molecule has 0 aliphatic heterocycles. The minimum atomic E-state index is -0.557. The molecule has 0 bridgehead atoms. The second-order valence-electron chi connectivity index (χ2n) is 2.94. The molecule has 0 fully saturated rings. The Morgan fingerprint density at radius 3 is 2.65 bits per heavy atom. The van der Waals surface area contributed by atoms with E-state index in [2.05, 4.69) is 26.0 Å². The molecule has 0 unspecified atom stereocenters. The van der Waals surface area contributed by atoms with Crippen LogP contribution in [0.1, 0.15) is 12.5 Å². The quantitative estimate of drug-likeness (QED) is 0.280. The third-order valence-corrected chi connectivity index (χ3v) is 2.55. The number of nitrogens with zero attached hydrogens (tertiary/aromatic N) is 3. The van der Waals surface area contributed by atoms with Gasteiger partial charge in [0, 0.05) is 4.91 Å². The van der Waals surface area contributed by atoms with Crippen LogP contribution in [0.15, 0.2) is 39.9 Å². The van der Waals surface area contributed by atoms with Gasteiger partial charge in [0.1, 0.15) is 4.48 Å². The summed E-state index contributed by atoms with van der Waals surface area (Å²) in [5, 5.41) is 3.51. The molecule has 1 aromatic carbocycles. The monoisotopic (exact) mass is 295 g/mol. The fraction of sp³-hybridized carbons (Fsp3) is 0.182.